The van der Waals surface area contributed by atoms with Gasteiger partial charge < -0.3 is 9.64 Å². The summed E-state index contributed by atoms with van der Waals surface area (Å²) < 4.78 is 6.90. The van der Waals surface area contributed by atoms with Gasteiger partial charge in [0.25, 0.3) is 5.91 Å². The molecule has 144 valence electrons. The highest BCUT2D eigenvalue weighted by Gasteiger charge is 2.30. The highest BCUT2D eigenvalue weighted by molar-refractivity contribution is 9.10. The lowest BCUT2D eigenvalue weighted by atomic mass is 10.0. The van der Waals surface area contributed by atoms with Gasteiger partial charge in [-0.1, -0.05) is 58.4 Å². The van der Waals surface area contributed by atoms with Crippen molar-refractivity contribution in [2.75, 3.05) is 19.7 Å². The Bertz CT molecular complexity index is 1120. The zero-order chi connectivity index (χ0) is 20.0. The van der Waals surface area contributed by atoms with Crippen LogP contribution in [0.2, 0.25) is 0 Å². The molecule has 2 aliphatic rings. The number of fused-ring (bicyclic) bond motifs is 3. The summed E-state index contributed by atoms with van der Waals surface area (Å²) in [5.74, 6) is -0.0815. The molecule has 1 atom stereocenters. The summed E-state index contributed by atoms with van der Waals surface area (Å²) in [6, 6.07) is 21.0. The van der Waals surface area contributed by atoms with Crippen LogP contribution in [0.1, 0.15) is 37.9 Å². The molecule has 0 spiro atoms. The Labute approximate surface area is 177 Å². The smallest absolute Gasteiger partial charge is 0.254 e. The van der Waals surface area contributed by atoms with E-state index in [1.807, 2.05) is 65.6 Å². The monoisotopic (exact) mass is 447 g/mol. The van der Waals surface area contributed by atoms with E-state index in [0.29, 0.717) is 36.4 Å². The van der Waals surface area contributed by atoms with Crippen LogP contribution < -0.4 is 0 Å². The number of ether oxygens (including phenoxy) is 1. The van der Waals surface area contributed by atoms with Crippen molar-refractivity contribution in [1.29, 1.82) is 0 Å². The Kier molecular flexibility index (Phi) is 4.57. The lowest BCUT2D eigenvalue weighted by Gasteiger charge is -2.33. The van der Waals surface area contributed by atoms with Crippen LogP contribution in [-0.2, 0) is 4.74 Å². The van der Waals surface area contributed by atoms with Crippen LogP contribution in [0.15, 0.2) is 71.2 Å². The molecule has 4 nitrogen and oxygen atoms in total. The maximum absolute atomic E-state index is 13.2. The van der Waals surface area contributed by atoms with Crippen molar-refractivity contribution in [3.8, 4) is 11.1 Å². The molecular formula is C24H18BrNO3. The molecular weight excluding hydrogens is 430 g/mol. The SMILES string of the molecule is O=C1c2ccccc2-c2ccc(C(=O)N3CCOC(c4ccc(Br)cc4)C3)cc21. The Morgan fingerprint density at radius 1 is 0.931 bits per heavy atom. The molecule has 0 saturated carbocycles. The van der Waals surface area contributed by atoms with E-state index in [9.17, 15) is 9.59 Å². The van der Waals surface area contributed by atoms with E-state index in [1.54, 1.807) is 6.07 Å². The number of hydrogen-bond donors (Lipinski definition) is 0. The first kappa shape index (κ1) is 18.3. The molecule has 1 heterocycles. The highest BCUT2D eigenvalue weighted by atomic mass is 79.9. The van der Waals surface area contributed by atoms with Crippen molar-refractivity contribution in [3.05, 3.63) is 93.5 Å². The van der Waals surface area contributed by atoms with Crippen molar-refractivity contribution in [3.63, 3.8) is 0 Å². The van der Waals surface area contributed by atoms with Crippen molar-refractivity contribution in [1.82, 2.24) is 4.90 Å². The molecule has 5 heteroatoms. The minimum atomic E-state index is -0.152. The van der Waals surface area contributed by atoms with Crippen LogP contribution in [-0.4, -0.2) is 36.3 Å². The molecule has 5 rings (SSSR count). The third-order valence-corrected chi connectivity index (χ3v) is 6.10. The largest absolute Gasteiger partial charge is 0.370 e. The molecule has 3 aromatic rings. The second kappa shape index (κ2) is 7.25. The number of morpholine rings is 1. The van der Waals surface area contributed by atoms with E-state index in [1.165, 1.54) is 0 Å². The van der Waals surface area contributed by atoms with Gasteiger partial charge in [0, 0.05) is 27.7 Å². The number of halogens is 1. The fraction of sp³-hybridized carbons (Fsp3) is 0.167. The second-order valence-corrected chi connectivity index (χ2v) is 8.21. The minimum absolute atomic E-state index is 0.0139. The predicted octanol–water partition coefficient (Wildman–Crippen LogP) is 4.87. The molecule has 1 aliphatic heterocycles. The summed E-state index contributed by atoms with van der Waals surface area (Å²) in [4.78, 5) is 27.7. The van der Waals surface area contributed by atoms with E-state index in [2.05, 4.69) is 15.9 Å². The van der Waals surface area contributed by atoms with Gasteiger partial charge in [-0.15, -0.1) is 0 Å². The van der Waals surface area contributed by atoms with Crippen LogP contribution in [0.3, 0.4) is 0 Å². The fourth-order valence-electron chi connectivity index (χ4n) is 4.06. The number of benzene rings is 3. The third-order valence-electron chi connectivity index (χ3n) is 5.57. The van der Waals surface area contributed by atoms with Gasteiger partial charge in [0.05, 0.1) is 13.2 Å². The van der Waals surface area contributed by atoms with Gasteiger partial charge in [-0.3, -0.25) is 9.59 Å². The van der Waals surface area contributed by atoms with E-state index >= 15 is 0 Å². The zero-order valence-corrected chi connectivity index (χ0v) is 17.2. The number of ketones is 1. The first-order chi connectivity index (χ1) is 14.1. The molecule has 0 N–H and O–H groups in total. The first-order valence-electron chi connectivity index (χ1n) is 9.56. The van der Waals surface area contributed by atoms with Crippen molar-refractivity contribution in [2.24, 2.45) is 0 Å². The molecule has 1 aliphatic carbocycles. The van der Waals surface area contributed by atoms with Gasteiger partial charge in [0.1, 0.15) is 6.10 Å². The predicted molar refractivity (Wildman–Crippen MR) is 114 cm³/mol. The topological polar surface area (TPSA) is 46.6 Å². The molecule has 1 saturated heterocycles. The summed E-state index contributed by atoms with van der Waals surface area (Å²) in [7, 11) is 0. The maximum atomic E-state index is 13.2. The van der Waals surface area contributed by atoms with Gasteiger partial charge in [-0.2, -0.15) is 0 Å². The molecule has 29 heavy (non-hydrogen) atoms. The summed E-state index contributed by atoms with van der Waals surface area (Å²) in [6.45, 7) is 1.52. The van der Waals surface area contributed by atoms with Crippen LogP contribution in [0.5, 0.6) is 0 Å². The maximum Gasteiger partial charge on any atom is 0.254 e. The van der Waals surface area contributed by atoms with Gasteiger partial charge >= 0.3 is 0 Å². The summed E-state index contributed by atoms with van der Waals surface area (Å²) in [5.41, 5.74) is 4.74. The normalized spacial score (nSPS) is 17.8. The Morgan fingerprint density at radius 3 is 2.45 bits per heavy atom. The lowest BCUT2D eigenvalue weighted by molar-refractivity contribution is -0.0228. The molecule has 1 amide bonds. The summed E-state index contributed by atoms with van der Waals surface area (Å²) in [6.07, 6.45) is -0.152. The molecule has 0 bridgehead atoms. The molecule has 3 aromatic carbocycles. The van der Waals surface area contributed by atoms with Crippen molar-refractivity contribution < 1.29 is 14.3 Å². The van der Waals surface area contributed by atoms with E-state index in [4.69, 9.17) is 4.74 Å². The number of carbonyl (C=O) groups is 2. The van der Waals surface area contributed by atoms with E-state index in [0.717, 1.165) is 21.2 Å². The highest BCUT2D eigenvalue weighted by Crippen LogP contribution is 2.37. The van der Waals surface area contributed by atoms with Gasteiger partial charge in [-0.05, 0) is 41.0 Å². The lowest BCUT2D eigenvalue weighted by Crippen LogP contribution is -2.42. The van der Waals surface area contributed by atoms with E-state index in [-0.39, 0.29) is 17.8 Å². The van der Waals surface area contributed by atoms with Crippen LogP contribution >= 0.6 is 15.9 Å². The second-order valence-electron chi connectivity index (χ2n) is 7.30. The number of nitrogens with zero attached hydrogens (tertiary/aromatic N) is 1. The molecule has 0 radical (unpaired) electrons. The Balaban J connectivity index is 1.40. The van der Waals surface area contributed by atoms with Gasteiger partial charge in [0.2, 0.25) is 0 Å². The van der Waals surface area contributed by atoms with Gasteiger partial charge in [-0.25, -0.2) is 0 Å². The van der Waals surface area contributed by atoms with Gasteiger partial charge in [0.15, 0.2) is 5.78 Å². The van der Waals surface area contributed by atoms with Crippen LogP contribution in [0.25, 0.3) is 11.1 Å². The average Bonchev–Trinajstić information content (AvgIpc) is 3.06. The average molecular weight is 448 g/mol. The van der Waals surface area contributed by atoms with E-state index < -0.39 is 0 Å². The zero-order valence-electron chi connectivity index (χ0n) is 15.6. The number of hydrogen-bond acceptors (Lipinski definition) is 3. The number of carbonyl (C=O) groups excluding carboxylic acids is 2. The summed E-state index contributed by atoms with van der Waals surface area (Å²) in [5, 5.41) is 0. The van der Waals surface area contributed by atoms with Crippen LogP contribution in [0, 0.1) is 0 Å². The first-order valence-corrected chi connectivity index (χ1v) is 10.4. The number of amides is 1. The fourth-order valence-corrected chi connectivity index (χ4v) is 4.32. The molecule has 1 unspecified atom stereocenters. The summed E-state index contributed by atoms with van der Waals surface area (Å²) >= 11 is 3.44. The quantitative estimate of drug-likeness (QED) is 0.440. The number of rotatable bonds is 2. The minimum Gasteiger partial charge on any atom is -0.370 e. The van der Waals surface area contributed by atoms with Crippen molar-refractivity contribution in [2.45, 2.75) is 6.10 Å². The standard InChI is InChI=1S/C24H18BrNO3/c25-17-8-5-15(6-9-17)22-14-26(11-12-29-22)24(28)16-7-10-19-18-3-1-2-4-20(18)23(27)21(19)13-16/h1-10,13,22H,11-12,14H2. The Morgan fingerprint density at radius 2 is 1.66 bits per heavy atom. The Hall–Kier alpha value is -2.76. The molecule has 0 aromatic heterocycles. The third kappa shape index (κ3) is 3.20. The van der Waals surface area contributed by atoms with Crippen molar-refractivity contribution >= 4 is 27.6 Å². The van der Waals surface area contributed by atoms with Crippen LogP contribution in [0.4, 0.5) is 0 Å². The molecule has 1 fully saturated rings.